The van der Waals surface area contributed by atoms with Crippen molar-refractivity contribution in [2.45, 2.75) is 13.8 Å². The van der Waals surface area contributed by atoms with Crippen molar-refractivity contribution >= 4 is 34.7 Å². The predicted octanol–water partition coefficient (Wildman–Crippen LogP) is 3.34. The molecule has 140 valence electrons. The number of aromatic nitrogens is 1. The molecule has 1 fully saturated rings. The van der Waals surface area contributed by atoms with Gasteiger partial charge in [0.1, 0.15) is 5.57 Å². The average molecular weight is 373 g/mol. The van der Waals surface area contributed by atoms with Crippen molar-refractivity contribution in [2.75, 3.05) is 7.05 Å². The Morgan fingerprint density at radius 1 is 0.929 bits per heavy atom. The summed E-state index contributed by atoms with van der Waals surface area (Å²) in [6.07, 6.45) is 1.54. The van der Waals surface area contributed by atoms with Crippen molar-refractivity contribution in [3.8, 4) is 5.69 Å². The van der Waals surface area contributed by atoms with E-state index in [1.54, 1.807) is 6.08 Å². The second kappa shape index (κ2) is 6.49. The van der Waals surface area contributed by atoms with E-state index in [0.717, 1.165) is 38.3 Å². The number of aryl methyl sites for hydroxylation is 1. The zero-order chi connectivity index (χ0) is 20.0. The molecule has 2 heterocycles. The minimum Gasteiger partial charge on any atom is -0.318 e. The van der Waals surface area contributed by atoms with Crippen LogP contribution >= 0.6 is 0 Å². The van der Waals surface area contributed by atoms with Gasteiger partial charge < -0.3 is 4.57 Å². The maximum absolute atomic E-state index is 12.3. The number of likely N-dealkylation sites (N-methyl/N-ethyl adjacent to an activating group) is 1. The van der Waals surface area contributed by atoms with E-state index in [2.05, 4.69) is 34.1 Å². The van der Waals surface area contributed by atoms with Crippen molar-refractivity contribution in [2.24, 2.45) is 0 Å². The number of imide groups is 2. The third-order valence-electron chi connectivity index (χ3n) is 5.07. The Morgan fingerprint density at radius 3 is 2.39 bits per heavy atom. The van der Waals surface area contributed by atoms with Gasteiger partial charge in [0, 0.05) is 24.1 Å². The third-order valence-corrected chi connectivity index (χ3v) is 5.07. The van der Waals surface area contributed by atoms with Crippen LogP contribution in [0, 0.1) is 13.8 Å². The van der Waals surface area contributed by atoms with Crippen LogP contribution in [-0.4, -0.2) is 34.4 Å². The number of benzene rings is 2. The largest absolute Gasteiger partial charge is 0.331 e. The second-order valence-electron chi connectivity index (χ2n) is 6.87. The Bertz CT molecular complexity index is 1190. The van der Waals surface area contributed by atoms with Gasteiger partial charge in [-0.1, -0.05) is 30.3 Å². The van der Waals surface area contributed by atoms with E-state index in [-0.39, 0.29) is 5.57 Å². The molecule has 6 nitrogen and oxygen atoms in total. The monoisotopic (exact) mass is 373 g/mol. The van der Waals surface area contributed by atoms with E-state index in [1.165, 1.54) is 7.05 Å². The third kappa shape index (κ3) is 2.79. The van der Waals surface area contributed by atoms with Crippen LogP contribution < -0.4 is 5.32 Å². The van der Waals surface area contributed by atoms with Crippen molar-refractivity contribution in [1.82, 2.24) is 14.8 Å². The molecule has 0 saturated carbocycles. The van der Waals surface area contributed by atoms with E-state index < -0.39 is 17.8 Å². The fourth-order valence-corrected chi connectivity index (χ4v) is 3.55. The van der Waals surface area contributed by atoms with Gasteiger partial charge in [-0.2, -0.15) is 0 Å². The topological polar surface area (TPSA) is 71.4 Å². The van der Waals surface area contributed by atoms with E-state index in [1.807, 2.05) is 38.1 Å². The van der Waals surface area contributed by atoms with Crippen LogP contribution in [0.2, 0.25) is 0 Å². The zero-order valence-electron chi connectivity index (χ0n) is 15.8. The number of carbonyl (C=O) groups excluding carboxylic acids is 3. The van der Waals surface area contributed by atoms with Crippen LogP contribution in [0.25, 0.3) is 22.5 Å². The molecule has 0 spiro atoms. The lowest BCUT2D eigenvalue weighted by Crippen LogP contribution is -2.52. The zero-order valence-corrected chi connectivity index (χ0v) is 15.8. The van der Waals surface area contributed by atoms with Crippen LogP contribution in [0.5, 0.6) is 0 Å². The quantitative estimate of drug-likeness (QED) is 0.553. The summed E-state index contributed by atoms with van der Waals surface area (Å²) in [5.74, 6) is -1.28. The maximum Gasteiger partial charge on any atom is 0.331 e. The standard InChI is InChI=1S/C22H19N3O3/c1-13-10-17(12-19-20(26)23-22(28)24(3)21(19)27)14(2)25(13)18-9-8-15-6-4-5-7-16(15)11-18/h4-12H,1-3H3,(H,23,26,28)/b19-12+. The molecular weight excluding hydrogens is 354 g/mol. The van der Waals surface area contributed by atoms with E-state index in [9.17, 15) is 14.4 Å². The van der Waals surface area contributed by atoms with Gasteiger partial charge in [-0.3, -0.25) is 19.8 Å². The fourth-order valence-electron chi connectivity index (χ4n) is 3.55. The van der Waals surface area contributed by atoms with Gasteiger partial charge in [-0.05, 0) is 54.5 Å². The van der Waals surface area contributed by atoms with Crippen molar-refractivity contribution in [1.29, 1.82) is 0 Å². The summed E-state index contributed by atoms with van der Waals surface area (Å²) in [6.45, 7) is 3.91. The van der Waals surface area contributed by atoms with Crippen LogP contribution in [0.4, 0.5) is 4.79 Å². The molecule has 0 unspecified atom stereocenters. The number of nitrogens with zero attached hydrogens (tertiary/aromatic N) is 2. The molecule has 3 aromatic rings. The van der Waals surface area contributed by atoms with E-state index in [4.69, 9.17) is 0 Å². The predicted molar refractivity (Wildman–Crippen MR) is 107 cm³/mol. The van der Waals surface area contributed by atoms with E-state index in [0.29, 0.717) is 0 Å². The van der Waals surface area contributed by atoms with E-state index >= 15 is 0 Å². The number of hydrogen-bond donors (Lipinski definition) is 1. The lowest BCUT2D eigenvalue weighted by Gasteiger charge is -2.22. The Balaban J connectivity index is 1.80. The second-order valence-corrected chi connectivity index (χ2v) is 6.87. The number of barbiturate groups is 1. The van der Waals surface area contributed by atoms with Gasteiger partial charge in [-0.25, -0.2) is 4.79 Å². The highest BCUT2D eigenvalue weighted by atomic mass is 16.2. The number of nitrogens with one attached hydrogen (secondary N) is 1. The maximum atomic E-state index is 12.3. The summed E-state index contributed by atoms with van der Waals surface area (Å²) >= 11 is 0. The van der Waals surface area contributed by atoms with Gasteiger partial charge in [-0.15, -0.1) is 0 Å². The van der Waals surface area contributed by atoms with Crippen molar-refractivity contribution < 1.29 is 14.4 Å². The molecule has 1 aliphatic heterocycles. The Labute approximate surface area is 162 Å². The molecule has 2 aromatic carbocycles. The number of urea groups is 1. The first-order chi connectivity index (χ1) is 13.4. The van der Waals surface area contributed by atoms with Gasteiger partial charge in [0.05, 0.1) is 0 Å². The first-order valence-corrected chi connectivity index (χ1v) is 8.90. The summed E-state index contributed by atoms with van der Waals surface area (Å²) in [5, 5.41) is 4.47. The summed E-state index contributed by atoms with van der Waals surface area (Å²) < 4.78 is 2.08. The molecule has 4 rings (SSSR count). The molecule has 0 aliphatic carbocycles. The highest BCUT2D eigenvalue weighted by Gasteiger charge is 2.33. The van der Waals surface area contributed by atoms with Crippen LogP contribution in [-0.2, 0) is 9.59 Å². The Morgan fingerprint density at radius 2 is 1.64 bits per heavy atom. The lowest BCUT2D eigenvalue weighted by atomic mass is 10.1. The SMILES string of the molecule is Cc1cc(/C=C2\C(=O)NC(=O)N(C)C2=O)c(C)n1-c1ccc2ccccc2c1. The first-order valence-electron chi connectivity index (χ1n) is 8.90. The number of rotatable bonds is 2. The summed E-state index contributed by atoms with van der Waals surface area (Å²) in [6, 6.07) is 15.6. The molecule has 1 aliphatic rings. The summed E-state index contributed by atoms with van der Waals surface area (Å²) in [7, 11) is 1.34. The Kier molecular flexibility index (Phi) is 4.11. The van der Waals surface area contributed by atoms with Crippen LogP contribution in [0.1, 0.15) is 17.0 Å². The smallest absolute Gasteiger partial charge is 0.318 e. The first kappa shape index (κ1) is 17.7. The van der Waals surface area contributed by atoms with Crippen LogP contribution in [0.3, 0.4) is 0 Å². The minimum atomic E-state index is -0.714. The molecule has 0 radical (unpaired) electrons. The fraction of sp³-hybridized carbons (Fsp3) is 0.136. The molecule has 1 N–H and O–H groups in total. The normalized spacial score (nSPS) is 16.2. The number of hydrogen-bond acceptors (Lipinski definition) is 3. The summed E-state index contributed by atoms with van der Waals surface area (Å²) in [4.78, 5) is 36.9. The van der Waals surface area contributed by atoms with Gasteiger partial charge in [0.2, 0.25) is 0 Å². The molecule has 28 heavy (non-hydrogen) atoms. The lowest BCUT2D eigenvalue weighted by molar-refractivity contribution is -0.129. The van der Waals surface area contributed by atoms with Crippen molar-refractivity contribution in [3.63, 3.8) is 0 Å². The Hall–Kier alpha value is -3.67. The van der Waals surface area contributed by atoms with Gasteiger partial charge in [0.25, 0.3) is 11.8 Å². The summed E-state index contributed by atoms with van der Waals surface area (Å²) in [5.41, 5.74) is 3.59. The van der Waals surface area contributed by atoms with Crippen molar-refractivity contribution in [3.05, 3.63) is 71.1 Å². The van der Waals surface area contributed by atoms with Gasteiger partial charge in [0.15, 0.2) is 0 Å². The molecule has 4 amide bonds. The molecule has 1 saturated heterocycles. The molecular formula is C22H19N3O3. The average Bonchev–Trinajstić information content (AvgIpc) is 2.96. The molecule has 0 atom stereocenters. The molecule has 0 bridgehead atoms. The minimum absolute atomic E-state index is 0.0548. The van der Waals surface area contributed by atoms with Crippen LogP contribution in [0.15, 0.2) is 54.1 Å². The number of carbonyl (C=O) groups is 3. The number of fused-ring (bicyclic) bond motifs is 1. The molecule has 6 heteroatoms. The highest BCUT2D eigenvalue weighted by molar-refractivity contribution is 6.30. The molecule has 1 aromatic heterocycles. The van der Waals surface area contributed by atoms with Gasteiger partial charge >= 0.3 is 6.03 Å². The highest BCUT2D eigenvalue weighted by Crippen LogP contribution is 2.26. The number of amides is 4.